The molecule has 3 fully saturated rings. The molecule has 1 N–H and O–H groups in total. The van der Waals surface area contributed by atoms with Crippen molar-refractivity contribution < 1.29 is 14.3 Å². The average molecular weight is 401 g/mol. The summed E-state index contributed by atoms with van der Waals surface area (Å²) in [6.45, 7) is 12.5. The van der Waals surface area contributed by atoms with Crippen LogP contribution >= 0.6 is 0 Å². The van der Waals surface area contributed by atoms with E-state index in [1.54, 1.807) is 0 Å². The van der Waals surface area contributed by atoms with Crippen LogP contribution in [0, 0.1) is 34.0 Å². The number of ether oxygens (including phenoxy) is 1. The summed E-state index contributed by atoms with van der Waals surface area (Å²) in [5, 5.41) is 11.7. The SMILES string of the molecule is CO[C@H]1C[C@H]2[C@]3(C)CC[C@H]4C(C)(C)CCC[C@]4(C)[C@H]3C[C@@H](O)[C@]2(C)c2cocc21. The van der Waals surface area contributed by atoms with Crippen LogP contribution in [0.1, 0.15) is 96.8 Å². The van der Waals surface area contributed by atoms with Gasteiger partial charge in [0.15, 0.2) is 0 Å². The standard InChI is InChI=1S/C26H40O3/c1-23(2)9-7-10-24(3)19(23)8-11-25(4)20(24)13-22(27)26(5)17-15-29-14-16(17)18(28-6)12-21(25)26/h14-15,18-22,27H,7-13H2,1-6H3/t18-,19-,20+,21-,22+,24-,25+,26+/m0/s1. The topological polar surface area (TPSA) is 42.6 Å². The molecule has 8 atom stereocenters. The molecule has 0 saturated heterocycles. The van der Waals surface area contributed by atoms with Crippen LogP contribution in [0.4, 0.5) is 0 Å². The Morgan fingerprint density at radius 2 is 1.66 bits per heavy atom. The lowest BCUT2D eigenvalue weighted by Gasteiger charge is -2.70. The first-order valence-electron chi connectivity index (χ1n) is 11.9. The molecule has 1 aromatic heterocycles. The summed E-state index contributed by atoms with van der Waals surface area (Å²) in [6, 6.07) is 0. The zero-order valence-corrected chi connectivity index (χ0v) is 19.3. The minimum atomic E-state index is -0.319. The second-order valence-corrected chi connectivity index (χ2v) is 12.3. The summed E-state index contributed by atoms with van der Waals surface area (Å²) in [7, 11) is 1.82. The van der Waals surface area contributed by atoms with Gasteiger partial charge in [-0.1, -0.05) is 41.0 Å². The molecule has 1 aromatic rings. The number of fused-ring (bicyclic) bond motifs is 7. The first kappa shape index (κ1) is 20.1. The number of rotatable bonds is 1. The smallest absolute Gasteiger partial charge is 0.0963 e. The molecule has 4 aliphatic carbocycles. The molecule has 3 nitrogen and oxygen atoms in total. The Bertz CT molecular complexity index is 796. The van der Waals surface area contributed by atoms with Gasteiger partial charge in [-0.2, -0.15) is 0 Å². The van der Waals surface area contributed by atoms with Gasteiger partial charge in [0.1, 0.15) is 0 Å². The van der Waals surface area contributed by atoms with Crippen LogP contribution in [0.2, 0.25) is 0 Å². The van der Waals surface area contributed by atoms with E-state index >= 15 is 0 Å². The highest BCUT2D eigenvalue weighted by molar-refractivity contribution is 5.39. The number of hydrogen-bond acceptors (Lipinski definition) is 3. The highest BCUT2D eigenvalue weighted by atomic mass is 16.5. The van der Waals surface area contributed by atoms with Crippen LogP contribution in [-0.4, -0.2) is 18.3 Å². The molecular formula is C26H40O3. The van der Waals surface area contributed by atoms with E-state index in [4.69, 9.17) is 9.15 Å². The minimum Gasteiger partial charge on any atom is -0.472 e. The third-order valence-corrected chi connectivity index (χ3v) is 10.9. The molecular weight excluding hydrogens is 360 g/mol. The van der Waals surface area contributed by atoms with E-state index in [1.165, 1.54) is 37.7 Å². The van der Waals surface area contributed by atoms with Crippen molar-refractivity contribution in [3.63, 3.8) is 0 Å². The Morgan fingerprint density at radius 3 is 2.38 bits per heavy atom. The molecule has 3 saturated carbocycles. The highest BCUT2D eigenvalue weighted by Crippen LogP contribution is 2.72. The van der Waals surface area contributed by atoms with Crippen molar-refractivity contribution in [3.8, 4) is 0 Å². The van der Waals surface area contributed by atoms with Crippen molar-refractivity contribution in [1.29, 1.82) is 0 Å². The molecule has 29 heavy (non-hydrogen) atoms. The maximum Gasteiger partial charge on any atom is 0.0963 e. The predicted molar refractivity (Wildman–Crippen MR) is 115 cm³/mol. The number of methoxy groups -OCH3 is 1. The van der Waals surface area contributed by atoms with Gasteiger partial charge in [0.2, 0.25) is 0 Å². The van der Waals surface area contributed by atoms with Crippen LogP contribution in [0.15, 0.2) is 16.9 Å². The van der Waals surface area contributed by atoms with Gasteiger partial charge in [0.25, 0.3) is 0 Å². The molecule has 0 aliphatic heterocycles. The van der Waals surface area contributed by atoms with Gasteiger partial charge < -0.3 is 14.3 Å². The summed E-state index contributed by atoms with van der Waals surface area (Å²) in [4.78, 5) is 0. The van der Waals surface area contributed by atoms with Gasteiger partial charge in [-0.3, -0.25) is 0 Å². The molecule has 0 radical (unpaired) electrons. The summed E-state index contributed by atoms with van der Waals surface area (Å²) in [5.74, 6) is 1.76. The van der Waals surface area contributed by atoms with Crippen LogP contribution < -0.4 is 0 Å². The van der Waals surface area contributed by atoms with Crippen molar-refractivity contribution >= 4 is 0 Å². The summed E-state index contributed by atoms with van der Waals surface area (Å²) < 4.78 is 11.6. The quantitative estimate of drug-likeness (QED) is 0.605. The first-order valence-corrected chi connectivity index (χ1v) is 11.9. The van der Waals surface area contributed by atoms with Gasteiger partial charge in [-0.15, -0.1) is 0 Å². The Labute approximate surface area is 176 Å². The molecule has 0 spiro atoms. The van der Waals surface area contributed by atoms with Gasteiger partial charge in [0.05, 0.1) is 24.7 Å². The Morgan fingerprint density at radius 1 is 0.931 bits per heavy atom. The summed E-state index contributed by atoms with van der Waals surface area (Å²) in [6.07, 6.45) is 12.0. The summed E-state index contributed by atoms with van der Waals surface area (Å²) >= 11 is 0. The number of furan rings is 1. The Kier molecular flexibility index (Phi) is 4.25. The van der Waals surface area contributed by atoms with Gasteiger partial charge in [-0.05, 0) is 72.5 Å². The molecule has 162 valence electrons. The van der Waals surface area contributed by atoms with Crippen molar-refractivity contribution in [3.05, 3.63) is 23.7 Å². The van der Waals surface area contributed by atoms with E-state index < -0.39 is 0 Å². The highest BCUT2D eigenvalue weighted by Gasteiger charge is 2.68. The van der Waals surface area contributed by atoms with E-state index in [1.807, 2.05) is 19.6 Å². The van der Waals surface area contributed by atoms with Crippen molar-refractivity contribution in [1.82, 2.24) is 0 Å². The average Bonchev–Trinajstić information content (AvgIpc) is 3.14. The molecule has 0 unspecified atom stereocenters. The maximum absolute atomic E-state index is 11.7. The predicted octanol–water partition coefficient (Wildman–Crippen LogP) is 6.26. The van der Waals surface area contributed by atoms with Gasteiger partial charge in [-0.25, -0.2) is 0 Å². The zero-order valence-electron chi connectivity index (χ0n) is 19.3. The molecule has 3 heteroatoms. The fraction of sp³-hybridized carbons (Fsp3) is 0.846. The Balaban J connectivity index is 1.62. The fourth-order valence-corrected chi connectivity index (χ4v) is 9.47. The zero-order chi connectivity index (χ0) is 20.8. The first-order chi connectivity index (χ1) is 13.6. The van der Waals surface area contributed by atoms with Crippen molar-refractivity contribution in [2.24, 2.45) is 34.0 Å². The van der Waals surface area contributed by atoms with Crippen LogP contribution in [0.25, 0.3) is 0 Å². The van der Waals surface area contributed by atoms with Gasteiger partial charge >= 0.3 is 0 Å². The van der Waals surface area contributed by atoms with E-state index in [2.05, 4.69) is 34.6 Å². The molecule has 4 aliphatic rings. The normalized spacial score (nSPS) is 50.8. The molecule has 0 aromatic carbocycles. The lowest BCUT2D eigenvalue weighted by molar-refractivity contribution is -0.213. The van der Waals surface area contributed by atoms with Crippen LogP contribution in [-0.2, 0) is 10.2 Å². The fourth-order valence-electron chi connectivity index (χ4n) is 9.47. The van der Waals surface area contributed by atoms with Crippen LogP contribution in [0.5, 0.6) is 0 Å². The largest absolute Gasteiger partial charge is 0.472 e. The summed E-state index contributed by atoms with van der Waals surface area (Å²) in [5.41, 5.74) is 3.10. The third-order valence-electron chi connectivity index (χ3n) is 10.9. The molecule has 0 bridgehead atoms. The lowest BCUT2D eigenvalue weighted by Crippen LogP contribution is -2.66. The molecule has 5 rings (SSSR count). The monoisotopic (exact) mass is 400 g/mol. The minimum absolute atomic E-state index is 0.0814. The Hall–Kier alpha value is -0.800. The molecule has 1 heterocycles. The second-order valence-electron chi connectivity index (χ2n) is 12.3. The van der Waals surface area contributed by atoms with E-state index in [0.717, 1.165) is 24.3 Å². The number of aliphatic hydroxyl groups excluding tert-OH is 1. The third kappa shape index (κ3) is 2.38. The van der Waals surface area contributed by atoms with E-state index in [-0.39, 0.29) is 23.0 Å². The van der Waals surface area contributed by atoms with Gasteiger partial charge in [0, 0.05) is 23.7 Å². The van der Waals surface area contributed by atoms with E-state index in [0.29, 0.717) is 22.7 Å². The number of aliphatic hydroxyl groups is 1. The van der Waals surface area contributed by atoms with Crippen molar-refractivity contribution in [2.75, 3.05) is 7.11 Å². The van der Waals surface area contributed by atoms with E-state index in [9.17, 15) is 5.11 Å². The van der Waals surface area contributed by atoms with Crippen LogP contribution in [0.3, 0.4) is 0 Å². The number of hydrogen-bond donors (Lipinski definition) is 1. The lowest BCUT2D eigenvalue weighted by atomic mass is 9.35. The van der Waals surface area contributed by atoms with Crippen molar-refractivity contribution in [2.45, 2.75) is 97.2 Å². The second kappa shape index (κ2) is 6.13. The maximum atomic E-state index is 11.7. The molecule has 0 amide bonds.